The Balaban J connectivity index is 2.12. The van der Waals surface area contributed by atoms with Crippen LogP contribution in [0.25, 0.3) is 0 Å². The largest absolute Gasteiger partial charge is 0.481 e. The van der Waals surface area contributed by atoms with Gasteiger partial charge in [0.15, 0.2) is 0 Å². The summed E-state index contributed by atoms with van der Waals surface area (Å²) in [6, 6.07) is 5.12. The molecule has 0 saturated carbocycles. The van der Waals surface area contributed by atoms with Gasteiger partial charge in [0.1, 0.15) is 0 Å². The molecule has 1 aliphatic rings. The average molecular weight is 341 g/mol. The lowest BCUT2D eigenvalue weighted by molar-refractivity contribution is -0.138. The van der Waals surface area contributed by atoms with Crippen LogP contribution < -0.4 is 5.73 Å². The Bertz CT molecular complexity index is 533. The summed E-state index contributed by atoms with van der Waals surface area (Å²) in [7, 11) is 0. The van der Waals surface area contributed by atoms with Crippen molar-refractivity contribution in [2.45, 2.75) is 19.3 Å². The number of anilines is 1. The molecule has 108 valence electrons. The van der Waals surface area contributed by atoms with Gasteiger partial charge in [0.05, 0.1) is 5.56 Å². The summed E-state index contributed by atoms with van der Waals surface area (Å²) >= 11 is 3.36. The summed E-state index contributed by atoms with van der Waals surface area (Å²) in [5.41, 5.74) is 6.79. The van der Waals surface area contributed by atoms with Crippen LogP contribution in [0.4, 0.5) is 5.69 Å². The Labute approximate surface area is 125 Å². The number of carboxylic acids is 1. The van der Waals surface area contributed by atoms with E-state index in [0.717, 1.165) is 12.8 Å². The first-order valence-electron chi connectivity index (χ1n) is 6.53. The minimum Gasteiger partial charge on any atom is -0.481 e. The van der Waals surface area contributed by atoms with E-state index in [1.165, 1.54) is 0 Å². The van der Waals surface area contributed by atoms with Crippen molar-refractivity contribution in [3.05, 3.63) is 28.2 Å². The van der Waals surface area contributed by atoms with Crippen molar-refractivity contribution in [3.63, 3.8) is 0 Å². The first kappa shape index (κ1) is 14.8. The summed E-state index contributed by atoms with van der Waals surface area (Å²) in [5.74, 6) is -0.876. The van der Waals surface area contributed by atoms with Crippen LogP contribution in [0.2, 0.25) is 0 Å². The van der Waals surface area contributed by atoms with Crippen molar-refractivity contribution in [2.24, 2.45) is 5.92 Å². The summed E-state index contributed by atoms with van der Waals surface area (Å²) in [4.78, 5) is 25.0. The summed E-state index contributed by atoms with van der Waals surface area (Å²) in [6.07, 6.45) is 1.81. The quantitative estimate of drug-likeness (QED) is 0.827. The Morgan fingerprint density at radius 2 is 2.20 bits per heavy atom. The standard InChI is InChI=1S/C14H17BrN2O3/c15-12-4-3-10(16)7-11(12)14(20)17-5-1-2-9(8-17)6-13(18)19/h3-4,7,9H,1-2,5-6,8,16H2,(H,18,19). The van der Waals surface area contributed by atoms with Crippen LogP contribution in [-0.4, -0.2) is 35.0 Å². The SMILES string of the molecule is Nc1ccc(Br)c(C(=O)N2CCCC(CC(=O)O)C2)c1. The smallest absolute Gasteiger partial charge is 0.303 e. The zero-order chi connectivity index (χ0) is 14.7. The summed E-state index contributed by atoms with van der Waals surface area (Å²) < 4.78 is 0.706. The average Bonchev–Trinajstić information content (AvgIpc) is 2.40. The fourth-order valence-corrected chi connectivity index (χ4v) is 2.96. The molecule has 1 heterocycles. The number of amides is 1. The monoisotopic (exact) mass is 340 g/mol. The predicted molar refractivity (Wildman–Crippen MR) is 79.4 cm³/mol. The van der Waals surface area contributed by atoms with E-state index in [0.29, 0.717) is 28.8 Å². The van der Waals surface area contributed by atoms with Gasteiger partial charge in [-0.05, 0) is 52.9 Å². The van der Waals surface area contributed by atoms with E-state index in [4.69, 9.17) is 10.8 Å². The minimum atomic E-state index is -0.811. The third-order valence-corrected chi connectivity index (χ3v) is 4.18. The molecule has 5 nitrogen and oxygen atoms in total. The van der Waals surface area contributed by atoms with E-state index >= 15 is 0 Å². The normalized spacial score (nSPS) is 18.9. The number of aliphatic carboxylic acids is 1. The highest BCUT2D eigenvalue weighted by Crippen LogP contribution is 2.25. The molecular formula is C14H17BrN2O3. The molecule has 0 radical (unpaired) electrons. The first-order valence-corrected chi connectivity index (χ1v) is 7.32. The number of rotatable bonds is 3. The molecule has 0 aromatic heterocycles. The topological polar surface area (TPSA) is 83.6 Å². The summed E-state index contributed by atoms with van der Waals surface area (Å²) in [5, 5.41) is 8.86. The van der Waals surface area contributed by atoms with Gasteiger partial charge in [0, 0.05) is 29.7 Å². The molecule has 1 aliphatic heterocycles. The third-order valence-electron chi connectivity index (χ3n) is 3.49. The van der Waals surface area contributed by atoms with E-state index in [9.17, 15) is 9.59 Å². The number of likely N-dealkylation sites (tertiary alicyclic amines) is 1. The van der Waals surface area contributed by atoms with E-state index in [-0.39, 0.29) is 18.2 Å². The zero-order valence-corrected chi connectivity index (χ0v) is 12.6. The number of carboxylic acid groups (broad SMARTS) is 1. The van der Waals surface area contributed by atoms with Crippen molar-refractivity contribution in [1.29, 1.82) is 0 Å². The number of carbonyl (C=O) groups excluding carboxylic acids is 1. The van der Waals surface area contributed by atoms with Crippen LogP contribution in [0.5, 0.6) is 0 Å². The Morgan fingerprint density at radius 3 is 2.90 bits per heavy atom. The fraction of sp³-hybridized carbons (Fsp3) is 0.429. The number of halogens is 1. The molecule has 1 aromatic carbocycles. The number of hydrogen-bond acceptors (Lipinski definition) is 3. The van der Waals surface area contributed by atoms with Crippen LogP contribution in [0.1, 0.15) is 29.6 Å². The van der Waals surface area contributed by atoms with Gasteiger partial charge < -0.3 is 15.7 Å². The maximum Gasteiger partial charge on any atom is 0.303 e. The second-order valence-corrected chi connectivity index (χ2v) is 5.95. The van der Waals surface area contributed by atoms with Crippen molar-refractivity contribution in [2.75, 3.05) is 18.8 Å². The number of hydrogen-bond donors (Lipinski definition) is 2. The number of nitrogens with zero attached hydrogens (tertiary/aromatic N) is 1. The highest BCUT2D eigenvalue weighted by atomic mass is 79.9. The Morgan fingerprint density at radius 1 is 1.45 bits per heavy atom. The molecule has 1 amide bonds. The molecule has 20 heavy (non-hydrogen) atoms. The van der Waals surface area contributed by atoms with Crippen molar-refractivity contribution < 1.29 is 14.7 Å². The number of carbonyl (C=O) groups is 2. The minimum absolute atomic E-state index is 0.0324. The van der Waals surface area contributed by atoms with Crippen LogP contribution in [0.15, 0.2) is 22.7 Å². The molecule has 1 fully saturated rings. The van der Waals surface area contributed by atoms with Gasteiger partial charge in [0.25, 0.3) is 5.91 Å². The third kappa shape index (κ3) is 3.50. The fourth-order valence-electron chi connectivity index (χ4n) is 2.54. The molecular weight excluding hydrogens is 324 g/mol. The molecule has 1 aromatic rings. The van der Waals surface area contributed by atoms with E-state index in [1.54, 1.807) is 23.1 Å². The van der Waals surface area contributed by atoms with E-state index < -0.39 is 5.97 Å². The Kier molecular flexibility index (Phi) is 4.65. The lowest BCUT2D eigenvalue weighted by atomic mass is 9.94. The van der Waals surface area contributed by atoms with Gasteiger partial charge in [-0.3, -0.25) is 9.59 Å². The highest BCUT2D eigenvalue weighted by molar-refractivity contribution is 9.10. The molecule has 3 N–H and O–H groups in total. The maximum absolute atomic E-state index is 12.5. The predicted octanol–water partition coefficient (Wildman–Crippen LogP) is 2.36. The lowest BCUT2D eigenvalue weighted by Crippen LogP contribution is -2.40. The van der Waals surface area contributed by atoms with E-state index in [2.05, 4.69) is 15.9 Å². The van der Waals surface area contributed by atoms with Crippen molar-refractivity contribution >= 4 is 33.5 Å². The number of benzene rings is 1. The zero-order valence-electron chi connectivity index (χ0n) is 11.0. The Hall–Kier alpha value is -1.56. The molecule has 1 atom stereocenters. The van der Waals surface area contributed by atoms with Crippen LogP contribution in [-0.2, 0) is 4.79 Å². The molecule has 2 rings (SSSR count). The van der Waals surface area contributed by atoms with Crippen LogP contribution in [0, 0.1) is 5.92 Å². The second-order valence-electron chi connectivity index (χ2n) is 5.10. The van der Waals surface area contributed by atoms with Gasteiger partial charge in [-0.1, -0.05) is 0 Å². The number of nitrogens with two attached hydrogens (primary N) is 1. The maximum atomic E-state index is 12.5. The lowest BCUT2D eigenvalue weighted by Gasteiger charge is -2.32. The highest BCUT2D eigenvalue weighted by Gasteiger charge is 2.26. The van der Waals surface area contributed by atoms with Gasteiger partial charge in [-0.2, -0.15) is 0 Å². The number of nitrogen functional groups attached to an aromatic ring is 1. The number of piperidine rings is 1. The molecule has 0 bridgehead atoms. The molecule has 0 spiro atoms. The summed E-state index contributed by atoms with van der Waals surface area (Å²) in [6.45, 7) is 1.16. The molecule has 1 saturated heterocycles. The van der Waals surface area contributed by atoms with Crippen molar-refractivity contribution in [3.8, 4) is 0 Å². The van der Waals surface area contributed by atoms with Crippen molar-refractivity contribution in [1.82, 2.24) is 4.90 Å². The van der Waals surface area contributed by atoms with E-state index in [1.807, 2.05) is 0 Å². The van der Waals surface area contributed by atoms with Crippen LogP contribution in [0.3, 0.4) is 0 Å². The van der Waals surface area contributed by atoms with Gasteiger partial charge in [-0.25, -0.2) is 0 Å². The first-order chi connectivity index (χ1) is 9.47. The van der Waals surface area contributed by atoms with Gasteiger partial charge in [0.2, 0.25) is 0 Å². The second kappa shape index (κ2) is 6.26. The van der Waals surface area contributed by atoms with Crippen LogP contribution >= 0.6 is 15.9 Å². The molecule has 0 aliphatic carbocycles. The molecule has 6 heteroatoms. The van der Waals surface area contributed by atoms with Gasteiger partial charge in [-0.15, -0.1) is 0 Å². The van der Waals surface area contributed by atoms with Gasteiger partial charge >= 0.3 is 5.97 Å². The molecule has 1 unspecified atom stereocenters.